The number of thioether (sulfide) groups is 1. The molecule has 0 aliphatic carbocycles. The monoisotopic (exact) mass is 303 g/mol. The highest BCUT2D eigenvalue weighted by molar-refractivity contribution is 7.98. The zero-order valence-corrected chi connectivity index (χ0v) is 13.2. The summed E-state index contributed by atoms with van der Waals surface area (Å²) in [6.07, 6.45) is 2.80. The summed E-state index contributed by atoms with van der Waals surface area (Å²) in [5.74, 6) is 0.928. The maximum Gasteiger partial charge on any atom is 0.240 e. The minimum atomic E-state index is -3.49. The Kier molecular flexibility index (Phi) is 6.32. The number of rotatable bonds is 7. The summed E-state index contributed by atoms with van der Waals surface area (Å²) >= 11 is 1.69. The van der Waals surface area contributed by atoms with E-state index in [9.17, 15) is 13.5 Å². The lowest BCUT2D eigenvalue weighted by Gasteiger charge is -2.12. The summed E-state index contributed by atoms with van der Waals surface area (Å²) in [4.78, 5) is 0.256. The molecule has 0 fully saturated rings. The van der Waals surface area contributed by atoms with E-state index in [2.05, 4.69) is 4.72 Å². The van der Waals surface area contributed by atoms with E-state index in [0.29, 0.717) is 17.7 Å². The number of hydrogen-bond donors (Lipinski definition) is 2. The average molecular weight is 303 g/mol. The highest BCUT2D eigenvalue weighted by Gasteiger charge is 2.17. The average Bonchev–Trinajstić information content (AvgIpc) is 2.34. The van der Waals surface area contributed by atoms with Crippen molar-refractivity contribution in [3.63, 3.8) is 0 Å². The van der Waals surface area contributed by atoms with Crippen molar-refractivity contribution >= 4 is 21.8 Å². The Morgan fingerprint density at radius 3 is 2.53 bits per heavy atom. The molecule has 0 saturated heterocycles. The van der Waals surface area contributed by atoms with Crippen molar-refractivity contribution in [3.05, 3.63) is 28.8 Å². The lowest BCUT2D eigenvalue weighted by Crippen LogP contribution is -2.26. The summed E-state index contributed by atoms with van der Waals surface area (Å²) in [5.41, 5.74) is 2.25. The van der Waals surface area contributed by atoms with Gasteiger partial charge in [-0.05, 0) is 55.0 Å². The van der Waals surface area contributed by atoms with Gasteiger partial charge < -0.3 is 5.11 Å². The summed E-state index contributed by atoms with van der Waals surface area (Å²) in [6.45, 7) is 3.91. The third-order valence-corrected chi connectivity index (χ3v) is 5.21. The quantitative estimate of drug-likeness (QED) is 0.754. The lowest BCUT2D eigenvalue weighted by atomic mass is 10.1. The van der Waals surface area contributed by atoms with Crippen molar-refractivity contribution in [1.29, 1.82) is 0 Å². The standard InChI is InChI=1S/C13H21NO3S2/c1-10-7-11(2)13(8-12(10)9-15)19(16,17)14-5-4-6-18-3/h7-8,14-15H,4-6,9H2,1-3H3. The molecule has 6 heteroatoms. The van der Waals surface area contributed by atoms with Gasteiger partial charge in [0.05, 0.1) is 11.5 Å². The predicted octanol–water partition coefficient (Wildman–Crippen LogP) is 1.83. The SMILES string of the molecule is CSCCCNS(=O)(=O)c1cc(CO)c(C)cc1C. The first-order valence-electron chi connectivity index (χ1n) is 6.12. The first-order valence-corrected chi connectivity index (χ1v) is 8.99. The van der Waals surface area contributed by atoms with Crippen LogP contribution in [-0.2, 0) is 16.6 Å². The number of sulfonamides is 1. The molecule has 0 heterocycles. The van der Waals surface area contributed by atoms with E-state index in [4.69, 9.17) is 0 Å². The predicted molar refractivity (Wildman–Crippen MR) is 80.0 cm³/mol. The highest BCUT2D eigenvalue weighted by Crippen LogP contribution is 2.20. The van der Waals surface area contributed by atoms with E-state index >= 15 is 0 Å². The zero-order valence-electron chi connectivity index (χ0n) is 11.6. The van der Waals surface area contributed by atoms with E-state index < -0.39 is 10.0 Å². The fourth-order valence-corrected chi connectivity index (χ4v) is 3.62. The molecule has 0 spiro atoms. The van der Waals surface area contributed by atoms with E-state index in [0.717, 1.165) is 17.7 Å². The second-order valence-electron chi connectivity index (χ2n) is 4.45. The Bertz CT molecular complexity index is 527. The molecule has 1 aromatic carbocycles. The highest BCUT2D eigenvalue weighted by atomic mass is 32.2. The molecule has 0 atom stereocenters. The largest absolute Gasteiger partial charge is 0.392 e. The molecule has 19 heavy (non-hydrogen) atoms. The van der Waals surface area contributed by atoms with E-state index in [-0.39, 0.29) is 11.5 Å². The van der Waals surface area contributed by atoms with Crippen molar-refractivity contribution in [2.45, 2.75) is 31.8 Å². The molecule has 0 bridgehead atoms. The zero-order chi connectivity index (χ0) is 14.5. The van der Waals surface area contributed by atoms with Crippen molar-refractivity contribution in [1.82, 2.24) is 4.72 Å². The van der Waals surface area contributed by atoms with Crippen molar-refractivity contribution in [2.24, 2.45) is 0 Å². The van der Waals surface area contributed by atoms with Crippen LogP contribution in [0.2, 0.25) is 0 Å². The minimum absolute atomic E-state index is 0.152. The molecule has 4 nitrogen and oxygen atoms in total. The van der Waals surface area contributed by atoms with Gasteiger partial charge in [-0.1, -0.05) is 6.07 Å². The number of aryl methyl sites for hydroxylation is 2. The molecule has 0 unspecified atom stereocenters. The maximum atomic E-state index is 12.2. The number of nitrogens with one attached hydrogen (secondary N) is 1. The van der Waals surface area contributed by atoms with Gasteiger partial charge in [-0.2, -0.15) is 11.8 Å². The van der Waals surface area contributed by atoms with Gasteiger partial charge in [0.2, 0.25) is 10.0 Å². The van der Waals surface area contributed by atoms with Crippen LogP contribution in [-0.4, -0.2) is 32.1 Å². The van der Waals surface area contributed by atoms with Crippen LogP contribution in [0.4, 0.5) is 0 Å². The Hall–Kier alpha value is -0.560. The third-order valence-electron chi connectivity index (χ3n) is 2.91. The van der Waals surface area contributed by atoms with E-state index in [1.165, 1.54) is 0 Å². The summed E-state index contributed by atoms with van der Waals surface area (Å²) in [6, 6.07) is 3.35. The van der Waals surface area contributed by atoms with Gasteiger partial charge in [0.15, 0.2) is 0 Å². The Balaban J connectivity index is 2.94. The summed E-state index contributed by atoms with van der Waals surface area (Å²) < 4.78 is 27.0. The van der Waals surface area contributed by atoms with Crippen molar-refractivity contribution in [2.75, 3.05) is 18.6 Å². The first-order chi connectivity index (χ1) is 8.92. The number of aliphatic hydroxyl groups excluding tert-OH is 1. The normalized spacial score (nSPS) is 11.8. The van der Waals surface area contributed by atoms with Gasteiger partial charge in [-0.15, -0.1) is 0 Å². The summed E-state index contributed by atoms with van der Waals surface area (Å²) in [7, 11) is -3.49. The van der Waals surface area contributed by atoms with E-state index in [1.807, 2.05) is 13.2 Å². The topological polar surface area (TPSA) is 66.4 Å². The molecule has 0 aliphatic heterocycles. The maximum absolute atomic E-state index is 12.2. The van der Waals surface area contributed by atoms with Gasteiger partial charge in [0, 0.05) is 6.54 Å². The Morgan fingerprint density at radius 2 is 1.95 bits per heavy atom. The molecule has 0 saturated carbocycles. The fourth-order valence-electron chi connectivity index (χ4n) is 1.84. The molecule has 0 aromatic heterocycles. The van der Waals surface area contributed by atoms with Gasteiger partial charge >= 0.3 is 0 Å². The molecule has 1 aromatic rings. The van der Waals surface area contributed by atoms with Gasteiger partial charge in [-0.25, -0.2) is 13.1 Å². The molecular formula is C13H21NO3S2. The second-order valence-corrected chi connectivity index (χ2v) is 7.17. The third kappa shape index (κ3) is 4.49. The van der Waals surface area contributed by atoms with Crippen LogP contribution < -0.4 is 4.72 Å². The Labute approximate surface area is 119 Å². The van der Waals surface area contributed by atoms with Gasteiger partial charge in [0.25, 0.3) is 0 Å². The number of benzene rings is 1. The fraction of sp³-hybridized carbons (Fsp3) is 0.538. The molecule has 1 rings (SSSR count). The van der Waals surface area contributed by atoms with Crippen LogP contribution in [0.15, 0.2) is 17.0 Å². The Morgan fingerprint density at radius 1 is 1.26 bits per heavy atom. The smallest absolute Gasteiger partial charge is 0.240 e. The number of aliphatic hydroxyl groups is 1. The molecule has 0 amide bonds. The van der Waals surface area contributed by atoms with Crippen LogP contribution in [0, 0.1) is 13.8 Å². The van der Waals surface area contributed by atoms with Crippen LogP contribution in [0.25, 0.3) is 0 Å². The van der Waals surface area contributed by atoms with Crippen molar-refractivity contribution < 1.29 is 13.5 Å². The van der Waals surface area contributed by atoms with Crippen molar-refractivity contribution in [3.8, 4) is 0 Å². The van der Waals surface area contributed by atoms with Gasteiger partial charge in [-0.3, -0.25) is 0 Å². The van der Waals surface area contributed by atoms with Crippen LogP contribution >= 0.6 is 11.8 Å². The molecule has 2 N–H and O–H groups in total. The van der Waals surface area contributed by atoms with Crippen LogP contribution in [0.1, 0.15) is 23.1 Å². The molecule has 0 radical (unpaired) electrons. The molecule has 0 aliphatic rings. The molecular weight excluding hydrogens is 282 g/mol. The van der Waals surface area contributed by atoms with Crippen LogP contribution in [0.5, 0.6) is 0 Å². The lowest BCUT2D eigenvalue weighted by molar-refractivity contribution is 0.280. The summed E-state index contributed by atoms with van der Waals surface area (Å²) in [5, 5.41) is 9.23. The number of hydrogen-bond acceptors (Lipinski definition) is 4. The molecule has 108 valence electrons. The van der Waals surface area contributed by atoms with E-state index in [1.54, 1.807) is 30.8 Å². The second kappa shape index (κ2) is 7.28. The van der Waals surface area contributed by atoms with Gasteiger partial charge in [0.1, 0.15) is 0 Å². The van der Waals surface area contributed by atoms with Crippen LogP contribution in [0.3, 0.4) is 0 Å². The minimum Gasteiger partial charge on any atom is -0.392 e. The first kappa shape index (κ1) is 16.5.